The van der Waals surface area contributed by atoms with Gasteiger partial charge in [0.1, 0.15) is 6.54 Å². The van der Waals surface area contributed by atoms with E-state index in [1.54, 1.807) is 19.4 Å². The minimum absolute atomic E-state index is 0.584. The van der Waals surface area contributed by atoms with Crippen LogP contribution in [0.2, 0.25) is 0 Å². The number of aromatic nitrogens is 4. The van der Waals surface area contributed by atoms with E-state index in [-0.39, 0.29) is 0 Å². The molecule has 0 radical (unpaired) electrons. The van der Waals surface area contributed by atoms with Gasteiger partial charge in [0, 0.05) is 19.3 Å². The van der Waals surface area contributed by atoms with Crippen LogP contribution in [0, 0.1) is 6.92 Å². The monoisotopic (exact) mass is 164 g/mol. The van der Waals surface area contributed by atoms with Gasteiger partial charge < -0.3 is 8.98 Å². The number of hydrogen-bond donors (Lipinski definition) is 0. The van der Waals surface area contributed by atoms with Gasteiger partial charge in [0.25, 0.3) is 0 Å². The first-order chi connectivity index (χ1) is 5.84. The number of rotatable bonds is 2. The van der Waals surface area contributed by atoms with Gasteiger partial charge in [-0.25, -0.2) is 4.98 Å². The highest BCUT2D eigenvalue weighted by Gasteiger charge is 2.01. The lowest BCUT2D eigenvalue weighted by Gasteiger charge is -1.93. The average Bonchev–Trinajstić information content (AvgIpc) is 2.63. The molecule has 0 spiro atoms. The first-order valence-corrected chi connectivity index (χ1v) is 3.59. The molecule has 2 heterocycles. The van der Waals surface area contributed by atoms with Crippen molar-refractivity contribution in [3.8, 4) is 0 Å². The van der Waals surface area contributed by atoms with Crippen molar-refractivity contribution in [1.29, 1.82) is 0 Å². The van der Waals surface area contributed by atoms with Crippen molar-refractivity contribution < 1.29 is 4.42 Å². The molecule has 0 fully saturated rings. The lowest BCUT2D eigenvalue weighted by Crippen LogP contribution is -1.96. The van der Waals surface area contributed by atoms with E-state index in [2.05, 4.69) is 15.2 Å². The third-order valence-electron chi connectivity index (χ3n) is 1.44. The average molecular weight is 164 g/mol. The van der Waals surface area contributed by atoms with Crippen molar-refractivity contribution in [3.63, 3.8) is 0 Å². The van der Waals surface area contributed by atoms with Gasteiger partial charge in [0.05, 0.1) is 6.33 Å². The molecule has 62 valence electrons. The summed E-state index contributed by atoms with van der Waals surface area (Å²) >= 11 is 0. The van der Waals surface area contributed by atoms with E-state index in [9.17, 15) is 0 Å². The molecule has 0 aliphatic heterocycles. The van der Waals surface area contributed by atoms with Gasteiger partial charge in [-0.1, -0.05) is 0 Å². The maximum Gasteiger partial charge on any atom is 0.236 e. The molecule has 0 saturated carbocycles. The molecule has 0 atom stereocenters. The van der Waals surface area contributed by atoms with Crippen molar-refractivity contribution in [2.45, 2.75) is 13.5 Å². The number of aryl methyl sites for hydroxylation is 1. The van der Waals surface area contributed by atoms with E-state index in [1.807, 2.05) is 10.8 Å². The zero-order valence-electron chi connectivity index (χ0n) is 6.64. The van der Waals surface area contributed by atoms with Crippen molar-refractivity contribution in [2.24, 2.45) is 0 Å². The van der Waals surface area contributed by atoms with Gasteiger partial charge in [0.15, 0.2) is 0 Å². The summed E-state index contributed by atoms with van der Waals surface area (Å²) in [7, 11) is 0. The number of hydrogen-bond acceptors (Lipinski definition) is 4. The summed E-state index contributed by atoms with van der Waals surface area (Å²) in [5.74, 6) is 1.19. The molecule has 5 nitrogen and oxygen atoms in total. The van der Waals surface area contributed by atoms with Crippen LogP contribution in [0.25, 0.3) is 0 Å². The van der Waals surface area contributed by atoms with Crippen LogP contribution in [0.5, 0.6) is 0 Å². The minimum Gasteiger partial charge on any atom is -0.424 e. The molecule has 2 aromatic heterocycles. The van der Waals surface area contributed by atoms with Gasteiger partial charge >= 0.3 is 0 Å². The van der Waals surface area contributed by atoms with Gasteiger partial charge in [-0.05, 0) is 0 Å². The molecule has 5 heteroatoms. The van der Waals surface area contributed by atoms with E-state index in [1.165, 1.54) is 0 Å². The Balaban J connectivity index is 2.14. The molecule has 0 saturated heterocycles. The van der Waals surface area contributed by atoms with Gasteiger partial charge in [-0.15, -0.1) is 10.2 Å². The summed E-state index contributed by atoms with van der Waals surface area (Å²) in [4.78, 5) is 3.90. The predicted molar refractivity (Wildman–Crippen MR) is 40.4 cm³/mol. The quantitative estimate of drug-likeness (QED) is 0.653. The van der Waals surface area contributed by atoms with Gasteiger partial charge in [-0.2, -0.15) is 0 Å². The first kappa shape index (κ1) is 7.02. The maximum atomic E-state index is 5.19. The maximum absolute atomic E-state index is 5.19. The summed E-state index contributed by atoms with van der Waals surface area (Å²) in [6.07, 6.45) is 5.27. The molecule has 0 N–H and O–H groups in total. The molecule has 12 heavy (non-hydrogen) atoms. The van der Waals surface area contributed by atoms with Crippen molar-refractivity contribution >= 4 is 0 Å². The van der Waals surface area contributed by atoms with Gasteiger partial charge in [-0.3, -0.25) is 0 Å². The molecular weight excluding hydrogens is 156 g/mol. The van der Waals surface area contributed by atoms with Crippen molar-refractivity contribution in [1.82, 2.24) is 19.7 Å². The molecule has 0 aromatic carbocycles. The SMILES string of the molecule is Cc1nnc(Cn2ccnc2)o1. The Kier molecular flexibility index (Phi) is 1.62. The largest absolute Gasteiger partial charge is 0.424 e. The zero-order valence-corrected chi connectivity index (χ0v) is 6.64. The second-order valence-corrected chi connectivity index (χ2v) is 2.45. The van der Waals surface area contributed by atoms with Crippen molar-refractivity contribution in [3.05, 3.63) is 30.5 Å². The minimum atomic E-state index is 0.584. The first-order valence-electron chi connectivity index (χ1n) is 3.59. The molecule has 0 aliphatic rings. The fraction of sp³-hybridized carbons (Fsp3) is 0.286. The molecule has 0 unspecified atom stereocenters. The third-order valence-corrected chi connectivity index (χ3v) is 1.44. The highest BCUT2D eigenvalue weighted by atomic mass is 16.4. The normalized spacial score (nSPS) is 10.4. The van der Waals surface area contributed by atoms with Crippen LogP contribution in [0.3, 0.4) is 0 Å². The fourth-order valence-electron chi connectivity index (χ4n) is 0.938. The number of imidazole rings is 1. The van der Waals surface area contributed by atoms with Crippen LogP contribution < -0.4 is 0 Å². The zero-order chi connectivity index (χ0) is 8.39. The fourth-order valence-corrected chi connectivity index (χ4v) is 0.938. The molecule has 0 amide bonds. The van der Waals surface area contributed by atoms with Gasteiger partial charge in [0.2, 0.25) is 11.8 Å². The summed E-state index contributed by atoms with van der Waals surface area (Å²) in [6.45, 7) is 2.35. The molecule has 0 aliphatic carbocycles. The van der Waals surface area contributed by atoms with Crippen LogP contribution in [-0.4, -0.2) is 19.7 Å². The second-order valence-electron chi connectivity index (χ2n) is 2.45. The predicted octanol–water partition coefficient (Wildman–Crippen LogP) is 0.623. The van der Waals surface area contributed by atoms with Crippen LogP contribution >= 0.6 is 0 Å². The smallest absolute Gasteiger partial charge is 0.236 e. The molecule has 2 aromatic rings. The Labute approximate surface area is 69.1 Å². The Morgan fingerprint density at radius 2 is 2.42 bits per heavy atom. The van der Waals surface area contributed by atoms with Crippen molar-refractivity contribution in [2.75, 3.05) is 0 Å². The molecule has 2 rings (SSSR count). The Hall–Kier alpha value is -1.65. The van der Waals surface area contributed by atoms with E-state index >= 15 is 0 Å². The highest BCUT2D eigenvalue weighted by Crippen LogP contribution is 2.00. The topological polar surface area (TPSA) is 56.7 Å². The van der Waals surface area contributed by atoms with E-state index in [0.29, 0.717) is 18.3 Å². The van der Waals surface area contributed by atoms with Crippen LogP contribution in [0.15, 0.2) is 23.1 Å². The summed E-state index contributed by atoms with van der Waals surface area (Å²) in [5.41, 5.74) is 0. The second kappa shape index (κ2) is 2.77. The molecular formula is C7H8N4O. The summed E-state index contributed by atoms with van der Waals surface area (Å²) in [6, 6.07) is 0. The Bertz CT molecular complexity index is 351. The Morgan fingerprint density at radius 1 is 1.50 bits per heavy atom. The highest BCUT2D eigenvalue weighted by molar-refractivity contribution is 4.84. The lowest BCUT2D eigenvalue weighted by atomic mass is 10.6. The van der Waals surface area contributed by atoms with E-state index in [4.69, 9.17) is 4.42 Å². The molecule has 0 bridgehead atoms. The van der Waals surface area contributed by atoms with Crippen LogP contribution in [0.1, 0.15) is 11.8 Å². The lowest BCUT2D eigenvalue weighted by molar-refractivity contribution is 0.454. The van der Waals surface area contributed by atoms with E-state index < -0.39 is 0 Å². The summed E-state index contributed by atoms with van der Waals surface area (Å²) in [5, 5.41) is 7.57. The van der Waals surface area contributed by atoms with E-state index in [0.717, 1.165) is 0 Å². The van der Waals surface area contributed by atoms with Crippen LogP contribution in [0.4, 0.5) is 0 Å². The number of nitrogens with zero attached hydrogens (tertiary/aromatic N) is 4. The standard InChI is InChI=1S/C7H8N4O/c1-6-9-10-7(12-6)4-11-3-2-8-5-11/h2-3,5H,4H2,1H3. The Morgan fingerprint density at radius 3 is 3.00 bits per heavy atom. The summed E-state index contributed by atoms with van der Waals surface area (Å²) < 4.78 is 7.05. The van der Waals surface area contributed by atoms with Crippen LogP contribution in [-0.2, 0) is 6.54 Å². The third kappa shape index (κ3) is 1.34.